The van der Waals surface area contributed by atoms with Crippen LogP contribution in [0.5, 0.6) is 0 Å². The molecular formula is C16H26N2O3. The molecule has 118 valence electrons. The molecule has 0 aliphatic carbocycles. The van der Waals surface area contributed by atoms with E-state index in [1.54, 1.807) is 0 Å². The molecule has 0 saturated carbocycles. The van der Waals surface area contributed by atoms with Gasteiger partial charge in [0.2, 0.25) is 5.91 Å². The van der Waals surface area contributed by atoms with Gasteiger partial charge >= 0.3 is 5.97 Å². The first-order valence-corrected chi connectivity index (χ1v) is 8.31. The molecule has 3 atom stereocenters. The van der Waals surface area contributed by atoms with Crippen LogP contribution in [-0.2, 0) is 9.59 Å². The summed E-state index contributed by atoms with van der Waals surface area (Å²) in [6.45, 7) is 3.85. The molecule has 3 saturated heterocycles. The molecule has 0 aromatic heterocycles. The van der Waals surface area contributed by atoms with Gasteiger partial charge in [0.25, 0.3) is 0 Å². The average Bonchev–Trinajstić information content (AvgIpc) is 3.02. The summed E-state index contributed by atoms with van der Waals surface area (Å²) in [6, 6.07) is 0.564. The molecule has 3 aliphatic heterocycles. The smallest absolute Gasteiger partial charge is 0.303 e. The molecule has 3 rings (SSSR count). The topological polar surface area (TPSA) is 69.6 Å². The van der Waals surface area contributed by atoms with Crippen LogP contribution in [0.15, 0.2) is 0 Å². The zero-order valence-corrected chi connectivity index (χ0v) is 12.8. The molecule has 5 nitrogen and oxygen atoms in total. The van der Waals surface area contributed by atoms with Crippen molar-refractivity contribution in [2.75, 3.05) is 13.1 Å². The van der Waals surface area contributed by atoms with Crippen molar-refractivity contribution in [2.24, 2.45) is 11.3 Å². The summed E-state index contributed by atoms with van der Waals surface area (Å²) >= 11 is 0. The number of piperidine rings is 1. The first kappa shape index (κ1) is 14.8. The van der Waals surface area contributed by atoms with E-state index in [0.29, 0.717) is 5.91 Å². The number of nitrogens with one attached hydrogen (secondary N) is 1. The van der Waals surface area contributed by atoms with Gasteiger partial charge in [-0.15, -0.1) is 0 Å². The van der Waals surface area contributed by atoms with Gasteiger partial charge < -0.3 is 15.3 Å². The summed E-state index contributed by atoms with van der Waals surface area (Å²) in [5.41, 5.74) is -0.208. The van der Waals surface area contributed by atoms with Crippen LogP contribution in [0.1, 0.15) is 51.9 Å². The Labute approximate surface area is 126 Å². The van der Waals surface area contributed by atoms with Gasteiger partial charge in [0.15, 0.2) is 0 Å². The molecule has 2 N–H and O–H groups in total. The zero-order chi connectivity index (χ0) is 15.0. The number of carbonyl (C=O) groups excluding carboxylic acids is 1. The van der Waals surface area contributed by atoms with Gasteiger partial charge in [-0.25, -0.2) is 0 Å². The Morgan fingerprint density at radius 2 is 1.95 bits per heavy atom. The second-order valence-corrected chi connectivity index (χ2v) is 7.09. The average molecular weight is 294 g/mol. The maximum Gasteiger partial charge on any atom is 0.303 e. The summed E-state index contributed by atoms with van der Waals surface area (Å²) in [4.78, 5) is 26.2. The highest BCUT2D eigenvalue weighted by molar-refractivity contribution is 5.84. The van der Waals surface area contributed by atoms with Crippen molar-refractivity contribution in [3.05, 3.63) is 0 Å². The van der Waals surface area contributed by atoms with Gasteiger partial charge in [-0.3, -0.25) is 9.59 Å². The molecular weight excluding hydrogens is 268 g/mol. The van der Waals surface area contributed by atoms with Crippen LogP contribution < -0.4 is 5.32 Å². The standard InChI is InChI=1S/C16H26N2O3/c1-2-16(5-6-17-10-16)15(21)18-12-3-4-13(18)8-11(7-12)9-14(19)20/h11-13,17H,2-10H2,1H3,(H,19,20). The molecule has 2 bridgehead atoms. The van der Waals surface area contributed by atoms with Crippen molar-refractivity contribution in [3.8, 4) is 0 Å². The van der Waals surface area contributed by atoms with E-state index in [2.05, 4.69) is 17.1 Å². The van der Waals surface area contributed by atoms with Crippen LogP contribution in [0.25, 0.3) is 0 Å². The Morgan fingerprint density at radius 1 is 1.29 bits per heavy atom. The van der Waals surface area contributed by atoms with Crippen molar-refractivity contribution >= 4 is 11.9 Å². The number of carbonyl (C=O) groups is 2. The third-order valence-corrected chi connectivity index (χ3v) is 5.90. The largest absolute Gasteiger partial charge is 0.481 e. The third kappa shape index (κ3) is 2.56. The fraction of sp³-hybridized carbons (Fsp3) is 0.875. The fourth-order valence-corrected chi connectivity index (χ4v) is 4.69. The van der Waals surface area contributed by atoms with Crippen LogP contribution in [0.2, 0.25) is 0 Å². The maximum atomic E-state index is 13.1. The van der Waals surface area contributed by atoms with Gasteiger partial charge in [0, 0.05) is 25.0 Å². The van der Waals surface area contributed by atoms with E-state index >= 15 is 0 Å². The number of hydrogen-bond acceptors (Lipinski definition) is 3. The highest BCUT2D eigenvalue weighted by Crippen LogP contribution is 2.43. The van der Waals surface area contributed by atoms with E-state index in [9.17, 15) is 9.59 Å². The third-order valence-electron chi connectivity index (χ3n) is 5.90. The fourth-order valence-electron chi connectivity index (χ4n) is 4.69. The van der Waals surface area contributed by atoms with E-state index < -0.39 is 5.97 Å². The summed E-state index contributed by atoms with van der Waals surface area (Å²) in [5.74, 6) is -0.121. The quantitative estimate of drug-likeness (QED) is 0.826. The molecule has 0 aromatic rings. The number of carboxylic acid groups (broad SMARTS) is 1. The maximum absolute atomic E-state index is 13.1. The predicted octanol–water partition coefficient (Wildman–Crippen LogP) is 1.62. The van der Waals surface area contributed by atoms with E-state index in [0.717, 1.165) is 51.6 Å². The van der Waals surface area contributed by atoms with Gasteiger partial charge in [-0.2, -0.15) is 0 Å². The van der Waals surface area contributed by atoms with Gasteiger partial charge in [0.1, 0.15) is 0 Å². The SMILES string of the molecule is CCC1(C(=O)N2C3CCC2CC(CC(=O)O)C3)CCNC1. The molecule has 3 unspecified atom stereocenters. The number of amides is 1. The summed E-state index contributed by atoms with van der Waals surface area (Å²) < 4.78 is 0. The normalized spacial score (nSPS) is 38.7. The lowest BCUT2D eigenvalue weighted by Gasteiger charge is -2.43. The molecule has 3 aliphatic rings. The highest BCUT2D eigenvalue weighted by atomic mass is 16.4. The lowest BCUT2D eigenvalue weighted by atomic mass is 9.80. The summed E-state index contributed by atoms with van der Waals surface area (Å²) in [7, 11) is 0. The van der Waals surface area contributed by atoms with E-state index in [1.165, 1.54) is 0 Å². The first-order chi connectivity index (χ1) is 10.1. The van der Waals surface area contributed by atoms with E-state index in [4.69, 9.17) is 5.11 Å². The Morgan fingerprint density at radius 3 is 2.43 bits per heavy atom. The lowest BCUT2D eigenvalue weighted by Crippen LogP contribution is -2.53. The minimum atomic E-state index is -0.704. The number of fused-ring (bicyclic) bond motifs is 2. The van der Waals surface area contributed by atoms with Crippen molar-refractivity contribution in [2.45, 2.75) is 64.0 Å². The van der Waals surface area contributed by atoms with Crippen molar-refractivity contribution in [3.63, 3.8) is 0 Å². The number of hydrogen-bond donors (Lipinski definition) is 2. The molecule has 21 heavy (non-hydrogen) atoms. The van der Waals surface area contributed by atoms with Crippen LogP contribution in [0.3, 0.4) is 0 Å². The molecule has 0 aromatic carbocycles. The Hall–Kier alpha value is -1.10. The molecule has 3 heterocycles. The lowest BCUT2D eigenvalue weighted by molar-refractivity contribution is -0.147. The minimum absolute atomic E-state index is 0.208. The molecule has 3 fully saturated rings. The number of rotatable bonds is 4. The Balaban J connectivity index is 1.73. The molecule has 1 amide bonds. The zero-order valence-electron chi connectivity index (χ0n) is 12.8. The van der Waals surface area contributed by atoms with Crippen LogP contribution in [0, 0.1) is 11.3 Å². The predicted molar refractivity (Wildman–Crippen MR) is 78.8 cm³/mol. The second-order valence-electron chi connectivity index (χ2n) is 7.09. The number of carboxylic acids is 1. The summed E-state index contributed by atoms with van der Waals surface area (Å²) in [6.07, 6.45) is 5.96. The van der Waals surface area contributed by atoms with Gasteiger partial charge in [-0.05, 0) is 51.0 Å². The minimum Gasteiger partial charge on any atom is -0.481 e. The monoisotopic (exact) mass is 294 g/mol. The van der Waals surface area contributed by atoms with Gasteiger partial charge in [-0.1, -0.05) is 6.92 Å². The Kier molecular flexibility index (Phi) is 3.95. The number of aliphatic carboxylic acids is 1. The first-order valence-electron chi connectivity index (χ1n) is 8.31. The van der Waals surface area contributed by atoms with Crippen LogP contribution >= 0.6 is 0 Å². The molecule has 5 heteroatoms. The van der Waals surface area contributed by atoms with Crippen LogP contribution in [-0.4, -0.2) is 47.1 Å². The van der Waals surface area contributed by atoms with Crippen molar-refractivity contribution < 1.29 is 14.7 Å². The van der Waals surface area contributed by atoms with E-state index in [-0.39, 0.29) is 29.8 Å². The van der Waals surface area contributed by atoms with Gasteiger partial charge in [0.05, 0.1) is 5.41 Å². The van der Waals surface area contributed by atoms with E-state index in [1.807, 2.05) is 0 Å². The van der Waals surface area contributed by atoms with Crippen molar-refractivity contribution in [1.29, 1.82) is 0 Å². The van der Waals surface area contributed by atoms with Crippen LogP contribution in [0.4, 0.5) is 0 Å². The molecule has 0 radical (unpaired) electrons. The summed E-state index contributed by atoms with van der Waals surface area (Å²) in [5, 5.41) is 12.3. The Bertz CT molecular complexity index is 417. The number of nitrogens with zero attached hydrogens (tertiary/aromatic N) is 1. The second kappa shape index (κ2) is 5.59. The van der Waals surface area contributed by atoms with Crippen molar-refractivity contribution in [1.82, 2.24) is 10.2 Å². The molecule has 0 spiro atoms. The highest BCUT2D eigenvalue weighted by Gasteiger charge is 2.50.